The van der Waals surface area contributed by atoms with E-state index in [1.807, 2.05) is 0 Å². The van der Waals surface area contributed by atoms with Gasteiger partial charge in [0.2, 0.25) is 0 Å². The summed E-state index contributed by atoms with van der Waals surface area (Å²) in [6, 6.07) is 24.0. The van der Waals surface area contributed by atoms with E-state index >= 15 is 0 Å². The van der Waals surface area contributed by atoms with Crippen LogP contribution in [0.15, 0.2) is 54.6 Å². The summed E-state index contributed by atoms with van der Waals surface area (Å²) in [5.41, 5.74) is 3.98. The van der Waals surface area contributed by atoms with Gasteiger partial charge in [-0.25, -0.2) is 0 Å². The number of aryl methyl sites for hydroxylation is 1. The van der Waals surface area contributed by atoms with Crippen molar-refractivity contribution in [1.82, 2.24) is 4.57 Å². The molecule has 1 nitrogen and oxygen atoms in total. The molecule has 0 unspecified atom stereocenters. The lowest BCUT2D eigenvalue weighted by Gasteiger charge is -2.28. The quantitative estimate of drug-likeness (QED) is 0.542. The fourth-order valence-electron chi connectivity index (χ4n) is 3.96. The summed E-state index contributed by atoms with van der Waals surface area (Å²) in [5, 5.41) is 3.00. The summed E-state index contributed by atoms with van der Waals surface area (Å²) in [6.45, 7) is 7.14. The third-order valence-electron chi connectivity index (χ3n) is 5.72. The van der Waals surface area contributed by atoms with Gasteiger partial charge >= 0.3 is 0 Å². The van der Waals surface area contributed by atoms with Crippen LogP contribution in [0, 0.1) is 0 Å². The lowest BCUT2D eigenvalue weighted by molar-refractivity contribution is 0.983. The van der Waals surface area contributed by atoms with Gasteiger partial charge in [-0.1, -0.05) is 75.3 Å². The highest BCUT2D eigenvalue weighted by Crippen LogP contribution is 2.27. The first-order chi connectivity index (χ1) is 11.1. The lowest BCUT2D eigenvalue weighted by Crippen LogP contribution is -2.48. The summed E-state index contributed by atoms with van der Waals surface area (Å²) in [4.78, 5) is 0. The van der Waals surface area contributed by atoms with Crippen molar-refractivity contribution in [3.63, 3.8) is 0 Å². The standard InChI is InChI=1S/C21H27NSi/c1-5-23(6-2,7-3)21-16-19-15-18(13-14-20(19)22(21)4)17-11-9-8-10-12-17/h8-16H,5-7H2,1-4H3. The Morgan fingerprint density at radius 2 is 1.43 bits per heavy atom. The average Bonchev–Trinajstić information content (AvgIpc) is 2.95. The molecule has 0 saturated carbocycles. The van der Waals surface area contributed by atoms with E-state index in [2.05, 4.69) is 87.0 Å². The molecule has 3 aromatic rings. The molecule has 0 saturated heterocycles. The summed E-state index contributed by atoms with van der Waals surface area (Å²) in [7, 11) is 0.898. The summed E-state index contributed by atoms with van der Waals surface area (Å²) >= 11 is 0. The SMILES string of the molecule is CC[Si](CC)(CC)c1cc2cc(-c3ccccc3)ccc2n1C. The van der Waals surface area contributed by atoms with Crippen LogP contribution in [0.5, 0.6) is 0 Å². The van der Waals surface area contributed by atoms with Gasteiger partial charge in [0.25, 0.3) is 0 Å². The Morgan fingerprint density at radius 1 is 0.783 bits per heavy atom. The molecule has 2 aromatic carbocycles. The number of fused-ring (bicyclic) bond motifs is 1. The van der Waals surface area contributed by atoms with Gasteiger partial charge in [-0.05, 0) is 29.3 Å². The Bertz CT molecular complexity index is 789. The van der Waals surface area contributed by atoms with Crippen LogP contribution in [0.1, 0.15) is 20.8 Å². The molecule has 0 atom stereocenters. The van der Waals surface area contributed by atoms with Crippen molar-refractivity contribution >= 4 is 24.3 Å². The van der Waals surface area contributed by atoms with Gasteiger partial charge in [0.15, 0.2) is 0 Å². The fourth-order valence-corrected chi connectivity index (χ4v) is 7.84. The zero-order chi connectivity index (χ0) is 16.4. The van der Waals surface area contributed by atoms with E-state index in [1.165, 1.54) is 40.2 Å². The second kappa shape index (κ2) is 6.36. The highest BCUT2D eigenvalue weighted by molar-refractivity contribution is 6.91. The molecule has 0 radical (unpaired) electrons. The van der Waals surface area contributed by atoms with Crippen LogP contribution in [0.3, 0.4) is 0 Å². The van der Waals surface area contributed by atoms with Crippen LogP contribution in [0.4, 0.5) is 0 Å². The summed E-state index contributed by atoms with van der Waals surface area (Å²) in [5.74, 6) is 0. The Balaban J connectivity index is 2.15. The van der Waals surface area contributed by atoms with Crippen LogP contribution in [0.2, 0.25) is 18.1 Å². The zero-order valence-electron chi connectivity index (χ0n) is 14.8. The number of hydrogen-bond donors (Lipinski definition) is 0. The maximum absolute atomic E-state index is 2.48. The molecule has 0 aliphatic carbocycles. The smallest absolute Gasteiger partial charge is 0.107 e. The molecule has 1 heterocycles. The van der Waals surface area contributed by atoms with Crippen LogP contribution in [0.25, 0.3) is 22.0 Å². The Kier molecular flexibility index (Phi) is 4.45. The molecule has 0 N–H and O–H groups in total. The summed E-state index contributed by atoms with van der Waals surface area (Å²) < 4.78 is 2.47. The van der Waals surface area contributed by atoms with Gasteiger partial charge < -0.3 is 4.57 Å². The van der Waals surface area contributed by atoms with Gasteiger partial charge in [0, 0.05) is 23.3 Å². The lowest BCUT2D eigenvalue weighted by atomic mass is 10.0. The van der Waals surface area contributed by atoms with Gasteiger partial charge in [0.05, 0.1) is 0 Å². The van der Waals surface area contributed by atoms with Crippen LogP contribution >= 0.6 is 0 Å². The number of nitrogens with zero attached hydrogens (tertiary/aromatic N) is 1. The highest BCUT2D eigenvalue weighted by atomic mass is 28.3. The number of rotatable bonds is 5. The number of benzene rings is 2. The minimum atomic E-state index is -1.35. The minimum absolute atomic E-state index is 1.30. The second-order valence-electron chi connectivity index (χ2n) is 6.57. The van der Waals surface area contributed by atoms with Gasteiger partial charge in [-0.15, -0.1) is 0 Å². The Morgan fingerprint density at radius 3 is 2.04 bits per heavy atom. The monoisotopic (exact) mass is 321 g/mol. The van der Waals surface area contributed by atoms with Crippen molar-refractivity contribution in [2.45, 2.75) is 38.9 Å². The zero-order valence-corrected chi connectivity index (χ0v) is 15.8. The van der Waals surface area contributed by atoms with Gasteiger partial charge in [-0.2, -0.15) is 0 Å². The van der Waals surface area contributed by atoms with Crippen LogP contribution < -0.4 is 5.32 Å². The van der Waals surface area contributed by atoms with Crippen molar-refractivity contribution in [3.05, 3.63) is 54.6 Å². The largest absolute Gasteiger partial charge is 0.352 e. The normalized spacial score (nSPS) is 12.0. The molecule has 0 spiro atoms. The van der Waals surface area contributed by atoms with E-state index in [9.17, 15) is 0 Å². The molecule has 1 aromatic heterocycles. The molecule has 0 bridgehead atoms. The molecular weight excluding hydrogens is 294 g/mol. The molecule has 0 aliphatic rings. The van der Waals surface area contributed by atoms with Crippen molar-refractivity contribution < 1.29 is 0 Å². The van der Waals surface area contributed by atoms with Crippen molar-refractivity contribution in [2.24, 2.45) is 7.05 Å². The topological polar surface area (TPSA) is 4.93 Å². The van der Waals surface area contributed by atoms with E-state index in [0.717, 1.165) is 0 Å². The first-order valence-electron chi connectivity index (χ1n) is 8.80. The number of aromatic nitrogens is 1. The number of hydrogen-bond acceptors (Lipinski definition) is 0. The van der Waals surface area contributed by atoms with Gasteiger partial charge in [0.1, 0.15) is 8.07 Å². The van der Waals surface area contributed by atoms with E-state index in [-0.39, 0.29) is 0 Å². The van der Waals surface area contributed by atoms with Crippen LogP contribution in [-0.4, -0.2) is 12.6 Å². The first-order valence-corrected chi connectivity index (χ1v) is 11.4. The molecule has 0 fully saturated rings. The Hall–Kier alpha value is -1.80. The molecule has 3 rings (SSSR count). The highest BCUT2D eigenvalue weighted by Gasteiger charge is 2.32. The molecule has 0 amide bonds. The van der Waals surface area contributed by atoms with Crippen molar-refractivity contribution in [3.8, 4) is 11.1 Å². The fraction of sp³-hybridized carbons (Fsp3) is 0.333. The summed E-state index contributed by atoms with van der Waals surface area (Å²) in [6.07, 6.45) is 0. The van der Waals surface area contributed by atoms with Gasteiger partial charge in [-0.3, -0.25) is 0 Å². The first kappa shape index (κ1) is 16.1. The molecule has 120 valence electrons. The Labute approximate surface area is 141 Å². The van der Waals surface area contributed by atoms with Crippen molar-refractivity contribution in [2.75, 3.05) is 0 Å². The van der Waals surface area contributed by atoms with Crippen molar-refractivity contribution in [1.29, 1.82) is 0 Å². The third kappa shape index (κ3) is 2.65. The second-order valence-corrected chi connectivity index (χ2v) is 11.8. The molecule has 2 heteroatoms. The average molecular weight is 322 g/mol. The van der Waals surface area contributed by atoms with E-state index in [4.69, 9.17) is 0 Å². The third-order valence-corrected chi connectivity index (χ3v) is 11.4. The molecule has 23 heavy (non-hydrogen) atoms. The maximum Gasteiger partial charge on any atom is 0.107 e. The molecule has 0 aliphatic heterocycles. The maximum atomic E-state index is 2.48. The van der Waals surface area contributed by atoms with Crippen LogP contribution in [-0.2, 0) is 7.05 Å². The predicted molar refractivity (Wildman–Crippen MR) is 105 cm³/mol. The van der Waals surface area contributed by atoms with E-state index in [0.29, 0.717) is 0 Å². The predicted octanol–water partition coefficient (Wildman–Crippen LogP) is 5.56. The molecular formula is C21H27NSi. The minimum Gasteiger partial charge on any atom is -0.352 e. The van der Waals surface area contributed by atoms with E-state index < -0.39 is 8.07 Å². The van der Waals surface area contributed by atoms with E-state index in [1.54, 1.807) is 5.32 Å².